The summed E-state index contributed by atoms with van der Waals surface area (Å²) in [6.45, 7) is 10.2. The van der Waals surface area contributed by atoms with Crippen LogP contribution in [0.15, 0.2) is 47.4 Å². The zero-order valence-electron chi connectivity index (χ0n) is 20.4. The third kappa shape index (κ3) is 5.69. The highest BCUT2D eigenvalue weighted by atomic mass is 32.2. The molecule has 0 unspecified atom stereocenters. The third-order valence-corrected chi connectivity index (χ3v) is 6.78. The Morgan fingerprint density at radius 1 is 1.12 bits per heavy atom. The standard InChI is InChI=1S/C26H31N3O4S/c1-16-7-12-21(17(2)15-16)27-24(30)22-18(3)29(13-14-33-6)23(28-22)19-8-10-20(11-9-19)34-26(4,5)25(31)32/h7-12,15H,13-14H2,1-6H3,(H,27,30)(H,31,32). The van der Waals surface area contributed by atoms with E-state index in [4.69, 9.17) is 9.72 Å². The number of hydrogen-bond donors (Lipinski definition) is 2. The monoisotopic (exact) mass is 481 g/mol. The molecule has 34 heavy (non-hydrogen) atoms. The lowest BCUT2D eigenvalue weighted by Crippen LogP contribution is -2.26. The molecule has 0 saturated carbocycles. The molecular weight excluding hydrogens is 450 g/mol. The lowest BCUT2D eigenvalue weighted by molar-refractivity contribution is -0.138. The number of amides is 1. The molecule has 0 radical (unpaired) electrons. The second-order valence-corrected chi connectivity index (χ2v) is 10.4. The number of carbonyl (C=O) groups is 2. The Labute approximate surface area is 204 Å². The molecule has 0 saturated heterocycles. The Balaban J connectivity index is 1.93. The van der Waals surface area contributed by atoms with Crippen LogP contribution in [0.3, 0.4) is 0 Å². The molecule has 3 rings (SSSR count). The van der Waals surface area contributed by atoms with Crippen LogP contribution in [0.4, 0.5) is 5.69 Å². The summed E-state index contributed by atoms with van der Waals surface area (Å²) in [5.41, 5.74) is 4.82. The minimum absolute atomic E-state index is 0.266. The average molecular weight is 482 g/mol. The predicted molar refractivity (Wildman–Crippen MR) is 136 cm³/mol. The summed E-state index contributed by atoms with van der Waals surface area (Å²) in [5, 5.41) is 12.4. The molecule has 0 atom stereocenters. The average Bonchev–Trinajstić information content (AvgIpc) is 3.10. The Morgan fingerprint density at radius 3 is 2.38 bits per heavy atom. The molecule has 2 aromatic carbocycles. The first-order valence-electron chi connectivity index (χ1n) is 11.0. The van der Waals surface area contributed by atoms with Crippen molar-refractivity contribution < 1.29 is 19.4 Å². The number of carboxylic acids is 1. The van der Waals surface area contributed by atoms with Crippen LogP contribution >= 0.6 is 11.8 Å². The van der Waals surface area contributed by atoms with Gasteiger partial charge in [0, 0.05) is 35.5 Å². The number of benzene rings is 2. The number of rotatable bonds is 9. The van der Waals surface area contributed by atoms with Crippen LogP contribution in [0.5, 0.6) is 0 Å². The first kappa shape index (κ1) is 25.5. The molecule has 3 aromatic rings. The Bertz CT molecular complexity index is 1200. The number of aryl methyl sites for hydroxylation is 2. The van der Waals surface area contributed by atoms with E-state index in [1.165, 1.54) is 11.8 Å². The van der Waals surface area contributed by atoms with E-state index in [9.17, 15) is 14.7 Å². The third-order valence-electron chi connectivity index (χ3n) is 5.59. The van der Waals surface area contributed by atoms with Gasteiger partial charge in [0.15, 0.2) is 0 Å². The van der Waals surface area contributed by atoms with Crippen molar-refractivity contribution in [2.24, 2.45) is 0 Å². The second kappa shape index (κ2) is 10.4. The Kier molecular flexibility index (Phi) is 7.84. The highest BCUT2D eigenvalue weighted by molar-refractivity contribution is 8.01. The SMILES string of the molecule is COCCn1c(-c2ccc(SC(C)(C)C(=O)O)cc2)nc(C(=O)Nc2ccc(C)cc2C)c1C. The van der Waals surface area contributed by atoms with Gasteiger partial charge in [-0.15, -0.1) is 11.8 Å². The minimum Gasteiger partial charge on any atom is -0.480 e. The molecule has 1 aromatic heterocycles. The number of carbonyl (C=O) groups excluding carboxylic acids is 1. The largest absolute Gasteiger partial charge is 0.480 e. The van der Waals surface area contributed by atoms with Gasteiger partial charge >= 0.3 is 5.97 Å². The van der Waals surface area contributed by atoms with Crippen LogP contribution < -0.4 is 5.32 Å². The van der Waals surface area contributed by atoms with Gasteiger partial charge < -0.3 is 19.7 Å². The number of imidazole rings is 1. The van der Waals surface area contributed by atoms with Crippen LogP contribution in [0, 0.1) is 20.8 Å². The van der Waals surface area contributed by atoms with Crippen molar-refractivity contribution in [1.29, 1.82) is 0 Å². The quantitative estimate of drug-likeness (QED) is 0.401. The fourth-order valence-corrected chi connectivity index (χ4v) is 4.52. The molecule has 1 heterocycles. The van der Waals surface area contributed by atoms with E-state index in [0.717, 1.165) is 33.0 Å². The van der Waals surface area contributed by atoms with E-state index in [-0.39, 0.29) is 5.91 Å². The summed E-state index contributed by atoms with van der Waals surface area (Å²) >= 11 is 1.28. The lowest BCUT2D eigenvalue weighted by atomic mass is 10.1. The fourth-order valence-electron chi connectivity index (χ4n) is 3.57. The maximum Gasteiger partial charge on any atom is 0.319 e. The number of carboxylic acid groups (broad SMARTS) is 1. The maximum absolute atomic E-state index is 13.1. The van der Waals surface area contributed by atoms with E-state index >= 15 is 0 Å². The van der Waals surface area contributed by atoms with E-state index in [1.807, 2.05) is 67.8 Å². The number of nitrogens with one attached hydrogen (secondary N) is 1. The molecule has 2 N–H and O–H groups in total. The summed E-state index contributed by atoms with van der Waals surface area (Å²) in [5.74, 6) is -0.474. The number of hydrogen-bond acceptors (Lipinski definition) is 5. The van der Waals surface area contributed by atoms with Crippen molar-refractivity contribution in [3.8, 4) is 11.4 Å². The molecule has 0 aliphatic heterocycles. The van der Waals surface area contributed by atoms with Gasteiger partial charge in [0.25, 0.3) is 5.91 Å². The van der Waals surface area contributed by atoms with Gasteiger partial charge in [-0.25, -0.2) is 4.98 Å². The maximum atomic E-state index is 13.1. The number of thioether (sulfide) groups is 1. The van der Waals surface area contributed by atoms with Crippen molar-refractivity contribution in [2.45, 2.75) is 50.8 Å². The van der Waals surface area contributed by atoms with E-state index < -0.39 is 10.7 Å². The first-order chi connectivity index (χ1) is 16.0. The van der Waals surface area contributed by atoms with Crippen LogP contribution in [-0.4, -0.2) is 45.0 Å². The topological polar surface area (TPSA) is 93.4 Å². The Morgan fingerprint density at radius 2 is 1.79 bits per heavy atom. The van der Waals surface area contributed by atoms with Gasteiger partial charge in [0.1, 0.15) is 16.3 Å². The van der Waals surface area contributed by atoms with E-state index in [1.54, 1.807) is 21.0 Å². The van der Waals surface area contributed by atoms with E-state index in [2.05, 4.69) is 5.32 Å². The van der Waals surface area contributed by atoms with Crippen molar-refractivity contribution >= 4 is 29.3 Å². The Hall–Kier alpha value is -3.10. The number of ether oxygens (including phenoxy) is 1. The second-order valence-electron chi connectivity index (χ2n) is 8.73. The summed E-state index contributed by atoms with van der Waals surface area (Å²) in [7, 11) is 1.63. The van der Waals surface area contributed by atoms with Crippen molar-refractivity contribution in [3.05, 3.63) is 65.0 Å². The number of methoxy groups -OCH3 is 1. The molecule has 0 aliphatic rings. The van der Waals surface area contributed by atoms with Crippen LogP contribution in [0.25, 0.3) is 11.4 Å². The number of aromatic nitrogens is 2. The number of anilines is 1. The highest BCUT2D eigenvalue weighted by Gasteiger charge is 2.28. The van der Waals surface area contributed by atoms with Crippen molar-refractivity contribution in [2.75, 3.05) is 19.0 Å². The predicted octanol–water partition coefficient (Wildman–Crippen LogP) is 5.33. The summed E-state index contributed by atoms with van der Waals surface area (Å²) in [4.78, 5) is 30.1. The van der Waals surface area contributed by atoms with Gasteiger partial charge in [-0.3, -0.25) is 9.59 Å². The molecule has 0 fully saturated rings. The summed E-state index contributed by atoms with van der Waals surface area (Å²) < 4.78 is 6.31. The van der Waals surface area contributed by atoms with Gasteiger partial charge in [0.2, 0.25) is 0 Å². The summed E-state index contributed by atoms with van der Waals surface area (Å²) in [6, 6.07) is 13.4. The molecule has 0 spiro atoms. The smallest absolute Gasteiger partial charge is 0.319 e. The summed E-state index contributed by atoms with van der Waals surface area (Å²) in [6.07, 6.45) is 0. The minimum atomic E-state index is -0.936. The van der Waals surface area contributed by atoms with Crippen molar-refractivity contribution in [3.63, 3.8) is 0 Å². The normalized spacial score (nSPS) is 11.5. The number of aliphatic carboxylic acids is 1. The number of nitrogens with zero attached hydrogens (tertiary/aromatic N) is 2. The van der Waals surface area contributed by atoms with Gasteiger partial charge in [-0.2, -0.15) is 0 Å². The van der Waals surface area contributed by atoms with Crippen LogP contribution in [0.2, 0.25) is 0 Å². The van der Waals surface area contributed by atoms with Crippen LogP contribution in [-0.2, 0) is 16.1 Å². The zero-order valence-corrected chi connectivity index (χ0v) is 21.2. The lowest BCUT2D eigenvalue weighted by Gasteiger charge is -2.18. The molecule has 0 aliphatic carbocycles. The molecular formula is C26H31N3O4S. The van der Waals surface area contributed by atoms with Gasteiger partial charge in [0.05, 0.1) is 6.61 Å². The van der Waals surface area contributed by atoms with Crippen molar-refractivity contribution in [1.82, 2.24) is 9.55 Å². The molecule has 0 bridgehead atoms. The molecule has 7 nitrogen and oxygen atoms in total. The van der Waals surface area contributed by atoms with Gasteiger partial charge in [-0.05, 0) is 58.4 Å². The van der Waals surface area contributed by atoms with Crippen LogP contribution in [0.1, 0.15) is 41.2 Å². The zero-order chi connectivity index (χ0) is 25.0. The molecule has 1 amide bonds. The van der Waals surface area contributed by atoms with Gasteiger partial charge in [-0.1, -0.05) is 29.8 Å². The molecule has 180 valence electrons. The molecule has 8 heteroatoms. The van der Waals surface area contributed by atoms with E-state index in [0.29, 0.717) is 24.7 Å². The highest BCUT2D eigenvalue weighted by Crippen LogP contribution is 2.34. The first-order valence-corrected chi connectivity index (χ1v) is 11.8. The fraction of sp³-hybridized carbons (Fsp3) is 0.346.